The molecule has 1 aliphatic carbocycles. The summed E-state index contributed by atoms with van der Waals surface area (Å²) >= 11 is 0. The van der Waals surface area contributed by atoms with Crippen molar-refractivity contribution in [1.82, 2.24) is 30.4 Å². The molecule has 1 aromatic carbocycles. The predicted molar refractivity (Wildman–Crippen MR) is 137 cm³/mol. The third-order valence-corrected chi connectivity index (χ3v) is 6.60. The Hall–Kier alpha value is -3.60. The van der Waals surface area contributed by atoms with Crippen LogP contribution >= 0.6 is 0 Å². The first-order valence-corrected chi connectivity index (χ1v) is 13.2. The molecule has 1 aliphatic rings. The zero-order valence-corrected chi connectivity index (χ0v) is 21.9. The van der Waals surface area contributed by atoms with Gasteiger partial charge in [0.05, 0.1) is 0 Å². The summed E-state index contributed by atoms with van der Waals surface area (Å²) in [6.07, 6.45) is 5.59. The number of tetrazole rings is 1. The number of nitrogens with zero attached hydrogens (tertiary/aromatic N) is 5. The van der Waals surface area contributed by atoms with Gasteiger partial charge in [0.2, 0.25) is 17.6 Å². The minimum absolute atomic E-state index is 0.0517. The molecular formula is C27H35FN6O4. The average Bonchev–Trinajstić information content (AvgIpc) is 3.56. The van der Waals surface area contributed by atoms with E-state index in [1.54, 1.807) is 24.3 Å². The monoisotopic (exact) mass is 526 g/mol. The first kappa shape index (κ1) is 27.4. The molecule has 1 fully saturated rings. The topological polar surface area (TPSA) is 115 Å². The van der Waals surface area contributed by atoms with Crippen LogP contribution in [0.25, 0.3) is 11.6 Å². The summed E-state index contributed by atoms with van der Waals surface area (Å²) in [5.74, 6) is 0.353. The lowest BCUT2D eigenvalue weighted by Crippen LogP contribution is -2.48. The van der Waals surface area contributed by atoms with E-state index in [9.17, 15) is 14.0 Å². The highest BCUT2D eigenvalue weighted by atomic mass is 19.1. The number of carbonyl (C=O) groups is 2. The van der Waals surface area contributed by atoms with E-state index in [1.165, 1.54) is 21.8 Å². The zero-order chi connectivity index (χ0) is 26.9. The minimum Gasteiger partial charge on any atom is -0.458 e. The van der Waals surface area contributed by atoms with Gasteiger partial charge in [-0.25, -0.2) is 4.39 Å². The van der Waals surface area contributed by atoms with Gasteiger partial charge in [-0.2, -0.15) is 4.80 Å². The van der Waals surface area contributed by atoms with Crippen molar-refractivity contribution < 1.29 is 23.1 Å². The number of carbonyl (C=O) groups excluding carboxylic acids is 2. The lowest BCUT2D eigenvalue weighted by atomic mass is 9.94. The zero-order valence-electron chi connectivity index (χ0n) is 21.9. The largest absolute Gasteiger partial charge is 0.458 e. The summed E-state index contributed by atoms with van der Waals surface area (Å²) in [6, 6.07) is 8.34. The Labute approximate surface area is 221 Å². The third kappa shape index (κ3) is 7.25. The normalized spacial score (nSPS) is 14.8. The quantitative estimate of drug-likeness (QED) is 0.357. The number of ether oxygens (including phenoxy) is 1. The summed E-state index contributed by atoms with van der Waals surface area (Å²) in [5, 5.41) is 15.4. The summed E-state index contributed by atoms with van der Waals surface area (Å²) < 4.78 is 24.8. The standard InChI is InChI=1S/C27H35FN6O4/c1-3-37-17-7-16-33(24(35)18-34-31-26(30-32-34)23-15-10-19(2)38-23)25(20-11-13-21(28)14-12-20)27(36)29-22-8-5-4-6-9-22/h10-15,22,25H,3-9,16-18H2,1-2H3,(H,29,36)/t25-/m0/s1. The smallest absolute Gasteiger partial charge is 0.247 e. The fraction of sp³-hybridized carbons (Fsp3) is 0.519. The molecule has 1 saturated carbocycles. The van der Waals surface area contributed by atoms with Crippen LogP contribution in [0.4, 0.5) is 4.39 Å². The van der Waals surface area contributed by atoms with Crippen molar-refractivity contribution in [2.75, 3.05) is 19.8 Å². The maximum atomic E-state index is 13.8. The maximum absolute atomic E-state index is 13.8. The van der Waals surface area contributed by atoms with Crippen LogP contribution in [0.5, 0.6) is 0 Å². The SMILES string of the molecule is CCOCCCN(C(=O)Cn1nnc(-c2ccc(C)o2)n1)[C@H](C(=O)NC1CCCCC1)c1ccc(F)cc1. The molecule has 1 atom stereocenters. The molecule has 0 aliphatic heterocycles. The van der Waals surface area contributed by atoms with Crippen LogP contribution in [0.15, 0.2) is 40.8 Å². The maximum Gasteiger partial charge on any atom is 0.247 e. The van der Waals surface area contributed by atoms with Crippen molar-refractivity contribution in [3.8, 4) is 11.6 Å². The number of aryl methyl sites for hydroxylation is 1. The Kier molecular flexibility index (Phi) is 9.58. The molecule has 2 amide bonds. The molecule has 0 radical (unpaired) electrons. The molecule has 38 heavy (non-hydrogen) atoms. The van der Waals surface area contributed by atoms with E-state index in [-0.39, 0.29) is 36.8 Å². The van der Waals surface area contributed by atoms with Gasteiger partial charge < -0.3 is 19.4 Å². The number of aromatic nitrogens is 4. The molecule has 204 valence electrons. The van der Waals surface area contributed by atoms with Gasteiger partial charge in [-0.15, -0.1) is 10.2 Å². The summed E-state index contributed by atoms with van der Waals surface area (Å²) in [4.78, 5) is 30.1. The molecule has 0 saturated heterocycles. The lowest BCUT2D eigenvalue weighted by molar-refractivity contribution is -0.142. The number of benzene rings is 1. The van der Waals surface area contributed by atoms with Gasteiger partial charge in [-0.1, -0.05) is 31.4 Å². The predicted octanol–water partition coefficient (Wildman–Crippen LogP) is 3.83. The molecule has 1 N–H and O–H groups in total. The van der Waals surface area contributed by atoms with E-state index in [2.05, 4.69) is 20.7 Å². The second kappa shape index (κ2) is 13.3. The molecule has 2 aromatic heterocycles. The fourth-order valence-corrected chi connectivity index (χ4v) is 4.70. The number of halogens is 1. The van der Waals surface area contributed by atoms with Crippen molar-refractivity contribution in [3.05, 3.63) is 53.5 Å². The molecule has 0 bridgehead atoms. The van der Waals surface area contributed by atoms with Gasteiger partial charge in [-0.05, 0) is 68.2 Å². The Morgan fingerprint density at radius 1 is 1.18 bits per heavy atom. The van der Waals surface area contributed by atoms with Crippen molar-refractivity contribution in [1.29, 1.82) is 0 Å². The molecule has 3 aromatic rings. The highest BCUT2D eigenvalue weighted by Gasteiger charge is 2.33. The van der Waals surface area contributed by atoms with Crippen LogP contribution < -0.4 is 5.32 Å². The molecule has 11 heteroatoms. The highest BCUT2D eigenvalue weighted by Crippen LogP contribution is 2.25. The Morgan fingerprint density at radius 3 is 2.63 bits per heavy atom. The van der Waals surface area contributed by atoms with Crippen LogP contribution in [-0.4, -0.2) is 62.7 Å². The van der Waals surface area contributed by atoms with Crippen molar-refractivity contribution in [2.45, 2.75) is 71.0 Å². The van der Waals surface area contributed by atoms with Crippen LogP contribution in [-0.2, 0) is 20.9 Å². The van der Waals surface area contributed by atoms with Gasteiger partial charge >= 0.3 is 0 Å². The first-order valence-electron chi connectivity index (χ1n) is 13.2. The van der Waals surface area contributed by atoms with Gasteiger partial charge in [0.25, 0.3) is 0 Å². The van der Waals surface area contributed by atoms with E-state index in [0.717, 1.165) is 32.1 Å². The van der Waals surface area contributed by atoms with Crippen LogP contribution in [0.2, 0.25) is 0 Å². The Balaban J connectivity index is 1.58. The number of hydrogen-bond donors (Lipinski definition) is 1. The number of hydrogen-bond acceptors (Lipinski definition) is 7. The number of amides is 2. The average molecular weight is 527 g/mol. The molecule has 4 rings (SSSR count). The van der Waals surface area contributed by atoms with Crippen LogP contribution in [0, 0.1) is 12.7 Å². The summed E-state index contributed by atoms with van der Waals surface area (Å²) in [7, 11) is 0. The van der Waals surface area contributed by atoms with Crippen LogP contribution in [0.3, 0.4) is 0 Å². The van der Waals surface area contributed by atoms with Gasteiger partial charge in [0, 0.05) is 25.8 Å². The molecule has 0 spiro atoms. The molecule has 0 unspecified atom stereocenters. The lowest BCUT2D eigenvalue weighted by Gasteiger charge is -2.33. The van der Waals surface area contributed by atoms with E-state index in [4.69, 9.17) is 9.15 Å². The van der Waals surface area contributed by atoms with E-state index < -0.39 is 11.9 Å². The van der Waals surface area contributed by atoms with Gasteiger partial charge in [-0.3, -0.25) is 9.59 Å². The molecule has 10 nitrogen and oxygen atoms in total. The second-order valence-corrected chi connectivity index (χ2v) is 9.49. The van der Waals surface area contributed by atoms with E-state index in [1.807, 2.05) is 13.8 Å². The molecular weight excluding hydrogens is 491 g/mol. The van der Waals surface area contributed by atoms with Crippen molar-refractivity contribution in [2.24, 2.45) is 0 Å². The number of furan rings is 1. The van der Waals surface area contributed by atoms with Crippen molar-refractivity contribution in [3.63, 3.8) is 0 Å². The number of rotatable bonds is 12. The Morgan fingerprint density at radius 2 is 1.95 bits per heavy atom. The summed E-state index contributed by atoms with van der Waals surface area (Å²) in [6.45, 7) is 4.73. The van der Waals surface area contributed by atoms with E-state index in [0.29, 0.717) is 36.7 Å². The first-order chi connectivity index (χ1) is 18.4. The van der Waals surface area contributed by atoms with E-state index >= 15 is 0 Å². The highest BCUT2D eigenvalue weighted by molar-refractivity contribution is 5.88. The van der Waals surface area contributed by atoms with Crippen molar-refractivity contribution >= 4 is 11.8 Å². The Bertz CT molecular complexity index is 1190. The van der Waals surface area contributed by atoms with Gasteiger partial charge in [0.15, 0.2) is 5.76 Å². The third-order valence-electron chi connectivity index (χ3n) is 6.60. The summed E-state index contributed by atoms with van der Waals surface area (Å²) in [5.41, 5.74) is 0.530. The fourth-order valence-electron chi connectivity index (χ4n) is 4.70. The number of nitrogens with one attached hydrogen (secondary N) is 1. The van der Waals surface area contributed by atoms with Crippen LogP contribution in [0.1, 0.15) is 62.8 Å². The molecule has 2 heterocycles. The second-order valence-electron chi connectivity index (χ2n) is 9.49. The van der Waals surface area contributed by atoms with Gasteiger partial charge in [0.1, 0.15) is 24.2 Å². The minimum atomic E-state index is -0.942.